The van der Waals surface area contributed by atoms with Gasteiger partial charge in [-0.05, 0) is 31.2 Å². The number of halogens is 2. The topological polar surface area (TPSA) is 35.5 Å². The Labute approximate surface area is 91.7 Å². The molecule has 0 aliphatic rings. The number of rotatable bonds is 4. The molecule has 0 N–H and O–H groups in total. The molecule has 1 aromatic rings. The zero-order chi connectivity index (χ0) is 11.3. The Morgan fingerprint density at radius 1 is 1.47 bits per heavy atom. The number of alkyl halides is 1. The summed E-state index contributed by atoms with van der Waals surface area (Å²) >= 11 is 5.62. The van der Waals surface area contributed by atoms with Crippen LogP contribution in [-0.2, 0) is 9.53 Å². The molecule has 3 nitrogen and oxygen atoms in total. The maximum absolute atomic E-state index is 13.0. The standard InChI is InChI=1S/C10H10ClFO3/c1-2-14-10(13)9(12)15-8-5-3-7(11)4-6-8/h3-6,9H,2H2,1H3. The Bertz CT molecular complexity index is 326. The summed E-state index contributed by atoms with van der Waals surface area (Å²) in [5.41, 5.74) is 0. The first kappa shape index (κ1) is 11.8. The van der Waals surface area contributed by atoms with Crippen molar-refractivity contribution in [3.63, 3.8) is 0 Å². The lowest BCUT2D eigenvalue weighted by Gasteiger charge is -2.09. The molecule has 0 spiro atoms. The molecule has 0 radical (unpaired) electrons. The van der Waals surface area contributed by atoms with Gasteiger partial charge < -0.3 is 9.47 Å². The minimum Gasteiger partial charge on any atom is -0.461 e. The fraction of sp³-hybridized carbons (Fsp3) is 0.300. The minimum atomic E-state index is -2.11. The highest BCUT2D eigenvalue weighted by Crippen LogP contribution is 2.17. The van der Waals surface area contributed by atoms with Crippen LogP contribution in [0, 0.1) is 0 Å². The maximum Gasteiger partial charge on any atom is 0.381 e. The predicted molar refractivity (Wildman–Crippen MR) is 53.6 cm³/mol. The van der Waals surface area contributed by atoms with Gasteiger partial charge in [0.15, 0.2) is 0 Å². The van der Waals surface area contributed by atoms with Crippen molar-refractivity contribution in [1.29, 1.82) is 0 Å². The number of carbonyl (C=O) groups excluding carboxylic acids is 1. The van der Waals surface area contributed by atoms with Crippen molar-refractivity contribution in [2.75, 3.05) is 6.61 Å². The molecule has 82 valence electrons. The van der Waals surface area contributed by atoms with Crippen LogP contribution in [0.25, 0.3) is 0 Å². The van der Waals surface area contributed by atoms with Crippen LogP contribution < -0.4 is 4.74 Å². The lowest BCUT2D eigenvalue weighted by atomic mass is 10.3. The van der Waals surface area contributed by atoms with Gasteiger partial charge in [0, 0.05) is 5.02 Å². The van der Waals surface area contributed by atoms with E-state index in [0.717, 1.165) is 0 Å². The van der Waals surface area contributed by atoms with Crippen LogP contribution in [0.4, 0.5) is 4.39 Å². The molecule has 0 aliphatic heterocycles. The monoisotopic (exact) mass is 232 g/mol. The molecular formula is C10H10ClFO3. The summed E-state index contributed by atoms with van der Waals surface area (Å²) in [5, 5.41) is 0.508. The van der Waals surface area contributed by atoms with Gasteiger partial charge in [0.05, 0.1) is 6.61 Å². The van der Waals surface area contributed by atoms with Crippen LogP contribution in [-0.4, -0.2) is 18.9 Å². The van der Waals surface area contributed by atoms with Crippen LogP contribution in [0.2, 0.25) is 5.02 Å². The maximum atomic E-state index is 13.0. The van der Waals surface area contributed by atoms with E-state index in [1.807, 2.05) is 0 Å². The number of benzene rings is 1. The van der Waals surface area contributed by atoms with Crippen LogP contribution in [0.3, 0.4) is 0 Å². The molecule has 1 aromatic carbocycles. The zero-order valence-electron chi connectivity index (χ0n) is 8.07. The molecule has 1 unspecified atom stereocenters. The van der Waals surface area contributed by atoms with Gasteiger partial charge in [-0.25, -0.2) is 4.79 Å². The third-order valence-electron chi connectivity index (χ3n) is 1.53. The smallest absolute Gasteiger partial charge is 0.381 e. The number of ether oxygens (including phenoxy) is 2. The average molecular weight is 233 g/mol. The molecule has 1 atom stereocenters. The highest BCUT2D eigenvalue weighted by molar-refractivity contribution is 6.30. The third kappa shape index (κ3) is 3.75. The van der Waals surface area contributed by atoms with Crippen molar-refractivity contribution >= 4 is 17.6 Å². The fourth-order valence-electron chi connectivity index (χ4n) is 0.889. The van der Waals surface area contributed by atoms with Crippen molar-refractivity contribution in [2.24, 2.45) is 0 Å². The van der Waals surface area contributed by atoms with Crippen molar-refractivity contribution in [3.8, 4) is 5.75 Å². The summed E-state index contributed by atoms with van der Waals surface area (Å²) in [5.74, 6) is -0.813. The van der Waals surface area contributed by atoms with Crippen molar-refractivity contribution in [3.05, 3.63) is 29.3 Å². The summed E-state index contributed by atoms with van der Waals surface area (Å²) in [7, 11) is 0. The van der Waals surface area contributed by atoms with Gasteiger partial charge in [0.25, 0.3) is 0 Å². The van der Waals surface area contributed by atoms with E-state index in [9.17, 15) is 9.18 Å². The number of hydrogen-bond acceptors (Lipinski definition) is 3. The second-order valence-corrected chi connectivity index (χ2v) is 3.08. The molecule has 0 saturated heterocycles. The van der Waals surface area contributed by atoms with Gasteiger partial charge in [0.2, 0.25) is 0 Å². The second kappa shape index (κ2) is 5.56. The quantitative estimate of drug-likeness (QED) is 0.749. The van der Waals surface area contributed by atoms with Crippen LogP contribution in [0.1, 0.15) is 6.92 Å². The molecule has 0 heterocycles. The average Bonchev–Trinajstić information content (AvgIpc) is 2.22. The predicted octanol–water partition coefficient (Wildman–Crippen LogP) is 2.58. The Balaban J connectivity index is 2.54. The van der Waals surface area contributed by atoms with Gasteiger partial charge >= 0.3 is 12.3 Å². The number of carbonyl (C=O) groups is 1. The Kier molecular flexibility index (Phi) is 4.37. The van der Waals surface area contributed by atoms with Gasteiger partial charge in [0.1, 0.15) is 5.75 Å². The molecule has 5 heteroatoms. The molecular weight excluding hydrogens is 223 g/mol. The van der Waals surface area contributed by atoms with Gasteiger partial charge in [-0.2, -0.15) is 4.39 Å². The van der Waals surface area contributed by atoms with E-state index < -0.39 is 12.3 Å². The molecule has 0 aliphatic carbocycles. The highest BCUT2D eigenvalue weighted by atomic mass is 35.5. The molecule has 15 heavy (non-hydrogen) atoms. The molecule has 0 amide bonds. The molecule has 0 aromatic heterocycles. The zero-order valence-corrected chi connectivity index (χ0v) is 8.83. The largest absolute Gasteiger partial charge is 0.461 e. The number of esters is 1. The first-order valence-electron chi connectivity index (χ1n) is 4.36. The first-order valence-corrected chi connectivity index (χ1v) is 4.74. The second-order valence-electron chi connectivity index (χ2n) is 2.64. The molecule has 0 saturated carbocycles. The lowest BCUT2D eigenvalue weighted by molar-refractivity contribution is -0.159. The third-order valence-corrected chi connectivity index (χ3v) is 1.78. The molecule has 0 bridgehead atoms. The SMILES string of the molecule is CCOC(=O)C(F)Oc1ccc(Cl)cc1. The minimum absolute atomic E-state index is 0.114. The van der Waals surface area contributed by atoms with E-state index in [1.165, 1.54) is 24.3 Å². The van der Waals surface area contributed by atoms with Crippen LogP contribution in [0.5, 0.6) is 5.75 Å². The van der Waals surface area contributed by atoms with Crippen LogP contribution >= 0.6 is 11.6 Å². The summed E-state index contributed by atoms with van der Waals surface area (Å²) in [6.45, 7) is 1.70. The Hall–Kier alpha value is -1.29. The van der Waals surface area contributed by atoms with E-state index in [1.54, 1.807) is 6.92 Å². The summed E-state index contributed by atoms with van der Waals surface area (Å²) in [4.78, 5) is 10.9. The van der Waals surface area contributed by atoms with Crippen molar-refractivity contribution < 1.29 is 18.7 Å². The van der Waals surface area contributed by atoms with E-state index in [2.05, 4.69) is 9.47 Å². The fourth-order valence-corrected chi connectivity index (χ4v) is 1.01. The van der Waals surface area contributed by atoms with E-state index in [-0.39, 0.29) is 12.4 Å². The summed E-state index contributed by atoms with van der Waals surface area (Å²) in [6, 6.07) is 6.01. The molecule has 1 rings (SSSR count). The van der Waals surface area contributed by atoms with Gasteiger partial charge in [-0.1, -0.05) is 11.6 Å². The lowest BCUT2D eigenvalue weighted by Crippen LogP contribution is -2.24. The first-order chi connectivity index (χ1) is 7.13. The normalized spacial score (nSPS) is 11.9. The Morgan fingerprint density at radius 2 is 2.07 bits per heavy atom. The number of hydrogen-bond donors (Lipinski definition) is 0. The molecule has 0 fully saturated rings. The van der Waals surface area contributed by atoms with Crippen molar-refractivity contribution in [1.82, 2.24) is 0 Å². The Morgan fingerprint density at radius 3 is 2.60 bits per heavy atom. The van der Waals surface area contributed by atoms with Gasteiger partial charge in [-0.3, -0.25) is 0 Å². The van der Waals surface area contributed by atoms with E-state index >= 15 is 0 Å². The highest BCUT2D eigenvalue weighted by Gasteiger charge is 2.19. The summed E-state index contributed by atoms with van der Waals surface area (Å²) in [6.07, 6.45) is -2.11. The van der Waals surface area contributed by atoms with Crippen molar-refractivity contribution in [2.45, 2.75) is 13.3 Å². The summed E-state index contributed by atoms with van der Waals surface area (Å²) < 4.78 is 22.2. The van der Waals surface area contributed by atoms with E-state index in [0.29, 0.717) is 5.02 Å². The van der Waals surface area contributed by atoms with Gasteiger partial charge in [-0.15, -0.1) is 0 Å². The van der Waals surface area contributed by atoms with E-state index in [4.69, 9.17) is 11.6 Å². The van der Waals surface area contributed by atoms with Crippen LogP contribution in [0.15, 0.2) is 24.3 Å².